The van der Waals surface area contributed by atoms with Gasteiger partial charge in [-0.25, -0.2) is 0 Å². The summed E-state index contributed by atoms with van der Waals surface area (Å²) in [5.74, 6) is 1.13. The van der Waals surface area contributed by atoms with E-state index < -0.39 is 0 Å². The molecule has 4 nitrogen and oxygen atoms in total. The molecule has 1 N–H and O–H groups in total. The van der Waals surface area contributed by atoms with Gasteiger partial charge in [-0.15, -0.1) is 0 Å². The number of benzene rings is 1. The molecule has 2 aliphatic rings. The van der Waals surface area contributed by atoms with Crippen molar-refractivity contribution in [2.45, 2.75) is 18.8 Å². The highest BCUT2D eigenvalue weighted by atomic mass is 79.9. The summed E-state index contributed by atoms with van der Waals surface area (Å²) in [4.78, 5) is 14.6. The molecule has 0 aromatic heterocycles. The molecule has 2 heterocycles. The topological polar surface area (TPSA) is 49.8 Å². The molecule has 1 aromatic carbocycles. The average Bonchev–Trinajstić information content (AvgIpc) is 2.89. The van der Waals surface area contributed by atoms with Gasteiger partial charge in [-0.1, -0.05) is 15.9 Å². The van der Waals surface area contributed by atoms with Crippen LogP contribution >= 0.6 is 15.9 Å². The van der Waals surface area contributed by atoms with Gasteiger partial charge in [-0.3, -0.25) is 4.79 Å². The van der Waals surface area contributed by atoms with Crippen LogP contribution in [0.2, 0.25) is 0 Å². The van der Waals surface area contributed by atoms with Crippen molar-refractivity contribution in [2.24, 2.45) is 5.92 Å². The fourth-order valence-corrected chi connectivity index (χ4v) is 3.33. The number of amides is 1. The lowest BCUT2D eigenvalue weighted by Gasteiger charge is -2.32. The number of fused-ring (bicyclic) bond motifs is 1. The van der Waals surface area contributed by atoms with E-state index in [1.165, 1.54) is 0 Å². The van der Waals surface area contributed by atoms with Crippen molar-refractivity contribution < 1.29 is 14.6 Å². The molecule has 0 radical (unpaired) electrons. The molecule has 1 atom stereocenters. The van der Waals surface area contributed by atoms with E-state index in [2.05, 4.69) is 15.9 Å². The van der Waals surface area contributed by atoms with Crippen molar-refractivity contribution in [3.8, 4) is 5.75 Å². The van der Waals surface area contributed by atoms with Gasteiger partial charge in [0.25, 0.3) is 0 Å². The third-order valence-electron chi connectivity index (χ3n) is 4.24. The van der Waals surface area contributed by atoms with E-state index in [4.69, 9.17) is 9.84 Å². The molecule has 0 aliphatic carbocycles. The molecule has 1 unspecified atom stereocenters. The highest BCUT2D eigenvalue weighted by Gasteiger charge is 2.34. The van der Waals surface area contributed by atoms with Crippen LogP contribution in [-0.4, -0.2) is 42.2 Å². The number of aliphatic hydroxyl groups excluding tert-OH is 1. The number of ether oxygens (including phenoxy) is 1. The molecule has 108 valence electrons. The van der Waals surface area contributed by atoms with Gasteiger partial charge in [0, 0.05) is 29.7 Å². The summed E-state index contributed by atoms with van der Waals surface area (Å²) in [6, 6.07) is 5.81. The second-order valence-corrected chi connectivity index (χ2v) is 6.41. The van der Waals surface area contributed by atoms with Crippen LogP contribution < -0.4 is 4.74 Å². The van der Waals surface area contributed by atoms with Gasteiger partial charge in [-0.2, -0.15) is 0 Å². The number of hydrogen-bond acceptors (Lipinski definition) is 3. The second-order valence-electron chi connectivity index (χ2n) is 5.50. The predicted molar refractivity (Wildman–Crippen MR) is 78.8 cm³/mol. The minimum absolute atomic E-state index is 0.151. The Labute approximate surface area is 126 Å². The Morgan fingerprint density at radius 1 is 1.40 bits per heavy atom. The smallest absolute Gasteiger partial charge is 0.233 e. The van der Waals surface area contributed by atoms with Crippen LogP contribution in [0.3, 0.4) is 0 Å². The summed E-state index contributed by atoms with van der Waals surface area (Å²) in [6.07, 6.45) is 1.78. The normalized spacial score (nSPS) is 22.5. The third kappa shape index (κ3) is 2.56. The zero-order valence-corrected chi connectivity index (χ0v) is 12.8. The van der Waals surface area contributed by atoms with E-state index in [0.29, 0.717) is 12.5 Å². The molecule has 1 fully saturated rings. The van der Waals surface area contributed by atoms with Crippen LogP contribution in [0, 0.1) is 5.92 Å². The summed E-state index contributed by atoms with van der Waals surface area (Å²) in [5, 5.41) is 9.16. The Morgan fingerprint density at radius 2 is 2.15 bits per heavy atom. The first-order chi connectivity index (χ1) is 9.69. The van der Waals surface area contributed by atoms with Gasteiger partial charge >= 0.3 is 0 Å². The Hall–Kier alpha value is -1.07. The summed E-state index contributed by atoms with van der Waals surface area (Å²) < 4.78 is 6.58. The van der Waals surface area contributed by atoms with Crippen molar-refractivity contribution >= 4 is 21.8 Å². The standard InChI is InChI=1S/C15H18BrNO3/c16-11-1-2-14-12(7-11)13(9-20-14)15(19)17-5-3-10(8-18)4-6-17/h1-2,7,10,13,18H,3-6,8-9H2. The monoisotopic (exact) mass is 339 g/mol. The van der Waals surface area contributed by atoms with Crippen molar-refractivity contribution in [3.63, 3.8) is 0 Å². The zero-order chi connectivity index (χ0) is 14.1. The van der Waals surface area contributed by atoms with E-state index in [1.807, 2.05) is 23.1 Å². The molecule has 1 amide bonds. The fourth-order valence-electron chi connectivity index (χ4n) is 2.95. The molecule has 5 heteroatoms. The molecule has 0 saturated carbocycles. The summed E-state index contributed by atoms with van der Waals surface area (Å²) in [5.41, 5.74) is 0.980. The molecule has 3 rings (SSSR count). The van der Waals surface area contributed by atoms with Gasteiger partial charge in [0.15, 0.2) is 0 Å². The second kappa shape index (κ2) is 5.74. The SMILES string of the molecule is O=C(C1COc2ccc(Br)cc21)N1CCC(CO)CC1. The van der Waals surface area contributed by atoms with Crippen molar-refractivity contribution in [2.75, 3.05) is 26.3 Å². The number of aliphatic hydroxyl groups is 1. The first-order valence-corrected chi connectivity index (χ1v) is 7.80. The maximum atomic E-state index is 12.6. The number of piperidine rings is 1. The van der Waals surface area contributed by atoms with Crippen LogP contribution in [-0.2, 0) is 4.79 Å². The first kappa shape index (κ1) is 13.9. The summed E-state index contributed by atoms with van der Waals surface area (Å²) in [6.45, 7) is 2.14. The number of rotatable bonds is 2. The van der Waals surface area contributed by atoms with E-state index in [1.54, 1.807) is 0 Å². The van der Waals surface area contributed by atoms with Crippen LogP contribution in [0.4, 0.5) is 0 Å². The van der Waals surface area contributed by atoms with Crippen molar-refractivity contribution in [1.82, 2.24) is 4.90 Å². The minimum Gasteiger partial charge on any atom is -0.492 e. The van der Waals surface area contributed by atoms with Gasteiger partial charge in [-0.05, 0) is 37.0 Å². The number of carbonyl (C=O) groups excluding carboxylic acids is 1. The van der Waals surface area contributed by atoms with Crippen LogP contribution in [0.15, 0.2) is 22.7 Å². The molecule has 1 aromatic rings. The summed E-state index contributed by atoms with van der Waals surface area (Å²) in [7, 11) is 0. The molecule has 0 spiro atoms. The van der Waals surface area contributed by atoms with Gasteiger partial charge in [0.05, 0.1) is 0 Å². The van der Waals surface area contributed by atoms with Crippen LogP contribution in [0.1, 0.15) is 24.3 Å². The molecule has 0 bridgehead atoms. The van der Waals surface area contributed by atoms with Crippen molar-refractivity contribution in [1.29, 1.82) is 0 Å². The quantitative estimate of drug-likeness (QED) is 0.898. The fraction of sp³-hybridized carbons (Fsp3) is 0.533. The van der Waals surface area contributed by atoms with E-state index in [-0.39, 0.29) is 18.4 Å². The molecular weight excluding hydrogens is 322 g/mol. The molecule has 2 aliphatic heterocycles. The van der Waals surface area contributed by atoms with Crippen LogP contribution in [0.5, 0.6) is 5.75 Å². The Kier molecular flexibility index (Phi) is 3.98. The predicted octanol–water partition coefficient (Wildman–Crippen LogP) is 2.16. The largest absolute Gasteiger partial charge is 0.492 e. The number of halogens is 1. The maximum Gasteiger partial charge on any atom is 0.233 e. The highest BCUT2D eigenvalue weighted by Crippen LogP contribution is 2.37. The zero-order valence-electron chi connectivity index (χ0n) is 11.2. The molecular formula is C15H18BrNO3. The number of carbonyl (C=O) groups is 1. The third-order valence-corrected chi connectivity index (χ3v) is 4.73. The number of nitrogens with zero attached hydrogens (tertiary/aromatic N) is 1. The minimum atomic E-state index is -0.187. The molecule has 20 heavy (non-hydrogen) atoms. The highest BCUT2D eigenvalue weighted by molar-refractivity contribution is 9.10. The van der Waals surface area contributed by atoms with E-state index >= 15 is 0 Å². The lowest BCUT2D eigenvalue weighted by molar-refractivity contribution is -0.134. The van der Waals surface area contributed by atoms with E-state index in [9.17, 15) is 4.79 Å². The average molecular weight is 340 g/mol. The van der Waals surface area contributed by atoms with Crippen LogP contribution in [0.25, 0.3) is 0 Å². The number of likely N-dealkylation sites (tertiary alicyclic amines) is 1. The van der Waals surface area contributed by atoms with Gasteiger partial charge in [0.2, 0.25) is 5.91 Å². The lowest BCUT2D eigenvalue weighted by Crippen LogP contribution is -2.42. The Balaban J connectivity index is 1.72. The molecule has 1 saturated heterocycles. The summed E-state index contributed by atoms with van der Waals surface area (Å²) >= 11 is 3.45. The van der Waals surface area contributed by atoms with Gasteiger partial charge in [0.1, 0.15) is 18.3 Å². The Bertz CT molecular complexity index is 512. The van der Waals surface area contributed by atoms with Crippen molar-refractivity contribution in [3.05, 3.63) is 28.2 Å². The number of hydrogen-bond donors (Lipinski definition) is 1. The van der Waals surface area contributed by atoms with Gasteiger partial charge < -0.3 is 14.7 Å². The van der Waals surface area contributed by atoms with E-state index in [0.717, 1.165) is 41.7 Å². The Morgan fingerprint density at radius 3 is 2.85 bits per heavy atom. The lowest BCUT2D eigenvalue weighted by atomic mass is 9.95. The first-order valence-electron chi connectivity index (χ1n) is 7.01. The maximum absolute atomic E-state index is 12.6.